The molecule has 0 radical (unpaired) electrons. The van der Waals surface area contributed by atoms with E-state index in [2.05, 4.69) is 64.2 Å². The topological polar surface area (TPSA) is 0 Å². The van der Waals surface area contributed by atoms with Crippen LogP contribution in [0.15, 0.2) is 47.6 Å². The van der Waals surface area contributed by atoms with Crippen LogP contribution in [0.2, 0.25) is 0 Å². The van der Waals surface area contributed by atoms with E-state index in [1.165, 1.54) is 11.1 Å². The molecule has 0 aromatic heterocycles. The van der Waals surface area contributed by atoms with Crippen LogP contribution >= 0.6 is 0 Å². The van der Waals surface area contributed by atoms with Crippen LogP contribution in [-0.2, 0) is 0 Å². The molecule has 0 aliphatic rings. The lowest BCUT2D eigenvalue weighted by Gasteiger charge is -2.00. The van der Waals surface area contributed by atoms with Gasteiger partial charge in [-0.2, -0.15) is 0 Å². The quantitative estimate of drug-likeness (QED) is 0.446. The lowest BCUT2D eigenvalue weighted by Crippen LogP contribution is -1.84. The molecule has 0 spiro atoms. The van der Waals surface area contributed by atoms with Crippen molar-refractivity contribution in [1.82, 2.24) is 0 Å². The molecule has 0 saturated heterocycles. The Balaban J connectivity index is 4.46. The Bertz CT molecular complexity index is 262. The lowest BCUT2D eigenvalue weighted by atomic mass is 10.1. The summed E-state index contributed by atoms with van der Waals surface area (Å²) >= 11 is 0. The first-order valence-corrected chi connectivity index (χ1v) is 5.22. The third kappa shape index (κ3) is 6.47. The zero-order chi connectivity index (χ0) is 11.0. The van der Waals surface area contributed by atoms with Gasteiger partial charge in [0, 0.05) is 0 Å². The van der Waals surface area contributed by atoms with Gasteiger partial charge in [-0.15, -0.1) is 0 Å². The fourth-order valence-corrected chi connectivity index (χ4v) is 1.49. The smallest absolute Gasteiger partial charge is 0.00763 e. The molecule has 0 rings (SSSR count). The van der Waals surface area contributed by atoms with Gasteiger partial charge in [-0.3, -0.25) is 0 Å². The molecule has 0 amide bonds. The fourth-order valence-electron chi connectivity index (χ4n) is 1.49. The molecule has 78 valence electrons. The van der Waals surface area contributed by atoms with Crippen molar-refractivity contribution in [3.05, 3.63) is 47.6 Å². The molecule has 1 atom stereocenters. The predicted molar refractivity (Wildman–Crippen MR) is 66.3 cm³/mol. The molecule has 14 heavy (non-hydrogen) atoms. The van der Waals surface area contributed by atoms with Gasteiger partial charge < -0.3 is 0 Å². The lowest BCUT2D eigenvalue weighted by molar-refractivity contribution is 0.927. The zero-order valence-electron chi connectivity index (χ0n) is 10.0. The van der Waals surface area contributed by atoms with E-state index in [4.69, 9.17) is 0 Å². The third-order valence-electron chi connectivity index (χ3n) is 1.91. The van der Waals surface area contributed by atoms with Crippen LogP contribution in [0, 0.1) is 5.92 Å². The molecule has 0 heteroatoms. The standard InChI is InChI=1S/C14H22/c1-6-8-12(3)10-14(5)11-13(4)9-7-2/h6-12H,1-5H3/b8-6+,9-7-,13-11+,14-10+. The molecule has 0 fully saturated rings. The maximum Gasteiger partial charge on any atom is -0.00763 e. The van der Waals surface area contributed by atoms with Crippen molar-refractivity contribution in [3.63, 3.8) is 0 Å². The average Bonchev–Trinajstić information content (AvgIpc) is 2.03. The minimum atomic E-state index is 0.523. The first-order chi connectivity index (χ1) is 6.60. The Labute approximate surface area is 88.7 Å². The van der Waals surface area contributed by atoms with Crippen LogP contribution in [0.3, 0.4) is 0 Å². The summed E-state index contributed by atoms with van der Waals surface area (Å²) in [5.74, 6) is 0.523. The fraction of sp³-hybridized carbons (Fsp3) is 0.429. The van der Waals surface area contributed by atoms with Crippen molar-refractivity contribution in [2.24, 2.45) is 5.92 Å². The second-order valence-corrected chi connectivity index (χ2v) is 3.68. The van der Waals surface area contributed by atoms with Crippen LogP contribution in [0.4, 0.5) is 0 Å². The van der Waals surface area contributed by atoms with E-state index in [9.17, 15) is 0 Å². The monoisotopic (exact) mass is 190 g/mol. The molecular formula is C14H22. The maximum absolute atomic E-state index is 2.27. The molecule has 0 aromatic rings. The van der Waals surface area contributed by atoms with Gasteiger partial charge in [0.2, 0.25) is 0 Å². The van der Waals surface area contributed by atoms with Crippen LogP contribution < -0.4 is 0 Å². The zero-order valence-corrected chi connectivity index (χ0v) is 10.0. The van der Waals surface area contributed by atoms with E-state index in [0.29, 0.717) is 5.92 Å². The number of rotatable bonds is 4. The molecule has 0 aromatic carbocycles. The van der Waals surface area contributed by atoms with E-state index in [1.54, 1.807) is 0 Å². The van der Waals surface area contributed by atoms with Crippen molar-refractivity contribution in [2.75, 3.05) is 0 Å². The van der Waals surface area contributed by atoms with Gasteiger partial charge in [0.25, 0.3) is 0 Å². The maximum atomic E-state index is 2.27. The molecule has 0 nitrogen and oxygen atoms in total. The summed E-state index contributed by atoms with van der Waals surface area (Å²) in [6, 6.07) is 0. The van der Waals surface area contributed by atoms with E-state index in [0.717, 1.165) is 0 Å². The summed E-state index contributed by atoms with van der Waals surface area (Å²) in [5, 5.41) is 0. The minimum absolute atomic E-state index is 0.523. The van der Waals surface area contributed by atoms with Crippen molar-refractivity contribution in [2.45, 2.75) is 34.6 Å². The second-order valence-electron chi connectivity index (χ2n) is 3.68. The van der Waals surface area contributed by atoms with Crippen LogP contribution in [0.25, 0.3) is 0 Å². The molecule has 0 aliphatic carbocycles. The van der Waals surface area contributed by atoms with E-state index in [1.807, 2.05) is 6.92 Å². The number of hydrogen-bond acceptors (Lipinski definition) is 0. The molecule has 0 saturated carbocycles. The van der Waals surface area contributed by atoms with Crippen LogP contribution in [0.5, 0.6) is 0 Å². The first-order valence-electron chi connectivity index (χ1n) is 5.22. The average molecular weight is 190 g/mol. The van der Waals surface area contributed by atoms with Gasteiger partial charge in [-0.05, 0) is 33.6 Å². The molecule has 0 heterocycles. The Morgan fingerprint density at radius 1 is 1.00 bits per heavy atom. The summed E-state index contributed by atoms with van der Waals surface area (Å²) in [7, 11) is 0. The Kier molecular flexibility index (Phi) is 6.82. The normalized spacial score (nSPS) is 16.9. The van der Waals surface area contributed by atoms with Gasteiger partial charge in [0.15, 0.2) is 0 Å². The SMILES string of the molecule is C\C=C/C(C)=C/C(C)=C/C(C)/C=C/C. The van der Waals surface area contributed by atoms with E-state index >= 15 is 0 Å². The minimum Gasteiger partial charge on any atom is -0.0911 e. The summed E-state index contributed by atoms with van der Waals surface area (Å²) < 4.78 is 0. The highest BCUT2D eigenvalue weighted by molar-refractivity contribution is 5.28. The summed E-state index contributed by atoms with van der Waals surface area (Å²) in [6.07, 6.45) is 13.0. The van der Waals surface area contributed by atoms with Crippen LogP contribution in [0.1, 0.15) is 34.6 Å². The Hall–Kier alpha value is -1.04. The van der Waals surface area contributed by atoms with Crippen molar-refractivity contribution >= 4 is 0 Å². The largest absolute Gasteiger partial charge is 0.0911 e. The first kappa shape index (κ1) is 13.0. The van der Waals surface area contributed by atoms with Gasteiger partial charge in [-0.25, -0.2) is 0 Å². The van der Waals surface area contributed by atoms with E-state index < -0.39 is 0 Å². The number of hydrogen-bond donors (Lipinski definition) is 0. The number of allylic oxidation sites excluding steroid dienone is 8. The van der Waals surface area contributed by atoms with Crippen molar-refractivity contribution in [3.8, 4) is 0 Å². The molecular weight excluding hydrogens is 168 g/mol. The van der Waals surface area contributed by atoms with Crippen LogP contribution in [-0.4, -0.2) is 0 Å². The summed E-state index contributed by atoms with van der Waals surface area (Å²) in [5.41, 5.74) is 2.63. The highest BCUT2D eigenvalue weighted by Gasteiger charge is 1.91. The third-order valence-corrected chi connectivity index (χ3v) is 1.91. The van der Waals surface area contributed by atoms with Gasteiger partial charge in [-0.1, -0.05) is 54.5 Å². The summed E-state index contributed by atoms with van der Waals surface area (Å²) in [6.45, 7) is 10.6. The molecule has 0 bridgehead atoms. The van der Waals surface area contributed by atoms with Crippen molar-refractivity contribution in [1.29, 1.82) is 0 Å². The molecule has 0 aliphatic heterocycles. The highest BCUT2D eigenvalue weighted by Crippen LogP contribution is 2.08. The predicted octanol–water partition coefficient (Wildman–Crippen LogP) is 4.67. The Morgan fingerprint density at radius 2 is 1.64 bits per heavy atom. The van der Waals surface area contributed by atoms with Gasteiger partial charge in [0.05, 0.1) is 0 Å². The highest BCUT2D eigenvalue weighted by atomic mass is 14.0. The second kappa shape index (κ2) is 7.37. The summed E-state index contributed by atoms with van der Waals surface area (Å²) in [4.78, 5) is 0. The van der Waals surface area contributed by atoms with Crippen molar-refractivity contribution < 1.29 is 0 Å². The van der Waals surface area contributed by atoms with Gasteiger partial charge in [0.1, 0.15) is 0 Å². The van der Waals surface area contributed by atoms with E-state index in [-0.39, 0.29) is 0 Å². The molecule has 1 unspecified atom stereocenters. The molecule has 0 N–H and O–H groups in total. The van der Waals surface area contributed by atoms with Gasteiger partial charge >= 0.3 is 0 Å². The Morgan fingerprint density at radius 3 is 2.14 bits per heavy atom.